The second-order valence-corrected chi connectivity index (χ2v) is 3.19. The molecule has 15 heavy (non-hydrogen) atoms. The SMILES string of the molecule is CCNC(=O)C(C)Oc1ccccc1N. The van der Waals surface area contributed by atoms with Gasteiger partial charge in [0, 0.05) is 6.54 Å². The molecule has 0 aromatic heterocycles. The van der Waals surface area contributed by atoms with E-state index in [0.29, 0.717) is 18.0 Å². The molecule has 82 valence electrons. The highest BCUT2D eigenvalue weighted by Gasteiger charge is 2.14. The van der Waals surface area contributed by atoms with E-state index >= 15 is 0 Å². The summed E-state index contributed by atoms with van der Waals surface area (Å²) in [7, 11) is 0. The van der Waals surface area contributed by atoms with E-state index < -0.39 is 6.10 Å². The topological polar surface area (TPSA) is 64.3 Å². The van der Waals surface area contributed by atoms with Crippen molar-refractivity contribution < 1.29 is 9.53 Å². The number of likely N-dealkylation sites (N-methyl/N-ethyl adjacent to an activating group) is 1. The van der Waals surface area contributed by atoms with Gasteiger partial charge in [0.25, 0.3) is 5.91 Å². The largest absolute Gasteiger partial charge is 0.479 e. The van der Waals surface area contributed by atoms with Crippen molar-refractivity contribution in [1.29, 1.82) is 0 Å². The molecule has 0 spiro atoms. The summed E-state index contributed by atoms with van der Waals surface area (Å²) in [5.41, 5.74) is 6.22. The van der Waals surface area contributed by atoms with Crippen LogP contribution in [0.3, 0.4) is 0 Å². The van der Waals surface area contributed by atoms with Crippen LogP contribution >= 0.6 is 0 Å². The van der Waals surface area contributed by atoms with Gasteiger partial charge in [-0.2, -0.15) is 0 Å². The van der Waals surface area contributed by atoms with Crippen LogP contribution in [0.1, 0.15) is 13.8 Å². The minimum atomic E-state index is -0.533. The Balaban J connectivity index is 2.62. The molecule has 1 atom stereocenters. The van der Waals surface area contributed by atoms with E-state index in [1.54, 1.807) is 19.1 Å². The van der Waals surface area contributed by atoms with Gasteiger partial charge in [-0.25, -0.2) is 0 Å². The standard InChI is InChI=1S/C11H16N2O2/c1-3-13-11(14)8(2)15-10-7-5-4-6-9(10)12/h4-8H,3,12H2,1-2H3,(H,13,14). The number of rotatable bonds is 4. The van der Waals surface area contributed by atoms with Crippen LogP contribution < -0.4 is 15.8 Å². The summed E-state index contributed by atoms with van der Waals surface area (Å²) in [4.78, 5) is 11.4. The summed E-state index contributed by atoms with van der Waals surface area (Å²) in [5.74, 6) is 0.400. The van der Waals surface area contributed by atoms with Crippen LogP contribution in [0, 0.1) is 0 Å². The maximum Gasteiger partial charge on any atom is 0.260 e. The van der Waals surface area contributed by atoms with E-state index in [4.69, 9.17) is 10.5 Å². The van der Waals surface area contributed by atoms with Gasteiger partial charge in [0.1, 0.15) is 5.75 Å². The van der Waals surface area contributed by atoms with Gasteiger partial charge >= 0.3 is 0 Å². The predicted octanol–water partition coefficient (Wildman–Crippen LogP) is 1.17. The molecule has 0 fully saturated rings. The Morgan fingerprint density at radius 3 is 2.80 bits per heavy atom. The summed E-state index contributed by atoms with van der Waals surface area (Å²) in [6, 6.07) is 7.11. The molecular formula is C11H16N2O2. The van der Waals surface area contributed by atoms with Gasteiger partial charge in [-0.05, 0) is 26.0 Å². The molecule has 3 N–H and O–H groups in total. The van der Waals surface area contributed by atoms with Crippen LogP contribution in [-0.4, -0.2) is 18.6 Å². The van der Waals surface area contributed by atoms with Crippen LogP contribution in [0.5, 0.6) is 5.75 Å². The Morgan fingerprint density at radius 2 is 2.20 bits per heavy atom. The Kier molecular flexibility index (Phi) is 3.97. The van der Waals surface area contributed by atoms with Crippen LogP contribution in [0.2, 0.25) is 0 Å². The fourth-order valence-electron chi connectivity index (χ4n) is 1.15. The van der Waals surface area contributed by atoms with E-state index in [1.807, 2.05) is 19.1 Å². The van der Waals surface area contributed by atoms with Crippen LogP contribution in [-0.2, 0) is 4.79 Å². The number of carbonyl (C=O) groups is 1. The van der Waals surface area contributed by atoms with E-state index in [-0.39, 0.29) is 5.91 Å². The minimum absolute atomic E-state index is 0.138. The quantitative estimate of drug-likeness (QED) is 0.730. The highest BCUT2D eigenvalue weighted by atomic mass is 16.5. The monoisotopic (exact) mass is 208 g/mol. The minimum Gasteiger partial charge on any atom is -0.479 e. The number of carbonyl (C=O) groups excluding carboxylic acids is 1. The molecule has 0 aliphatic heterocycles. The van der Waals surface area contributed by atoms with Gasteiger partial charge in [0.05, 0.1) is 5.69 Å². The van der Waals surface area contributed by atoms with Crippen LogP contribution in [0.4, 0.5) is 5.69 Å². The van der Waals surface area contributed by atoms with E-state index in [1.165, 1.54) is 0 Å². The third-order valence-electron chi connectivity index (χ3n) is 1.94. The average molecular weight is 208 g/mol. The molecule has 1 aromatic rings. The summed E-state index contributed by atoms with van der Waals surface area (Å²) >= 11 is 0. The lowest BCUT2D eigenvalue weighted by atomic mass is 10.3. The Morgan fingerprint density at radius 1 is 1.53 bits per heavy atom. The molecule has 0 aliphatic rings. The van der Waals surface area contributed by atoms with Gasteiger partial charge in [0.2, 0.25) is 0 Å². The van der Waals surface area contributed by atoms with Crippen molar-refractivity contribution in [3.05, 3.63) is 24.3 Å². The molecule has 0 saturated heterocycles. The van der Waals surface area contributed by atoms with Crippen molar-refractivity contribution in [3.8, 4) is 5.75 Å². The number of hydrogen-bond acceptors (Lipinski definition) is 3. The zero-order valence-electron chi connectivity index (χ0n) is 8.99. The number of nitrogens with two attached hydrogens (primary N) is 1. The van der Waals surface area contributed by atoms with Crippen LogP contribution in [0.25, 0.3) is 0 Å². The summed E-state index contributed by atoms with van der Waals surface area (Å²) in [6.07, 6.45) is -0.533. The van der Waals surface area contributed by atoms with Crippen molar-refractivity contribution >= 4 is 11.6 Å². The first-order valence-electron chi connectivity index (χ1n) is 4.94. The Bertz CT molecular complexity index is 339. The number of hydrogen-bond donors (Lipinski definition) is 2. The third kappa shape index (κ3) is 3.16. The highest BCUT2D eigenvalue weighted by molar-refractivity contribution is 5.80. The molecular weight excluding hydrogens is 192 g/mol. The van der Waals surface area contributed by atoms with Gasteiger partial charge in [-0.3, -0.25) is 4.79 Å². The molecule has 1 unspecified atom stereocenters. The number of para-hydroxylation sites is 2. The van der Waals surface area contributed by atoms with Crippen molar-refractivity contribution in [2.45, 2.75) is 20.0 Å². The fourth-order valence-corrected chi connectivity index (χ4v) is 1.15. The molecule has 0 saturated carbocycles. The number of amides is 1. The van der Waals surface area contributed by atoms with Crippen molar-refractivity contribution in [3.63, 3.8) is 0 Å². The molecule has 4 nitrogen and oxygen atoms in total. The summed E-state index contributed by atoms with van der Waals surface area (Å²) in [6.45, 7) is 4.15. The fraction of sp³-hybridized carbons (Fsp3) is 0.364. The molecule has 1 aromatic carbocycles. The zero-order valence-corrected chi connectivity index (χ0v) is 8.99. The van der Waals surface area contributed by atoms with Gasteiger partial charge in [0.15, 0.2) is 6.10 Å². The van der Waals surface area contributed by atoms with Crippen LogP contribution in [0.15, 0.2) is 24.3 Å². The van der Waals surface area contributed by atoms with Gasteiger partial charge < -0.3 is 15.8 Å². The Labute approximate surface area is 89.4 Å². The lowest BCUT2D eigenvalue weighted by molar-refractivity contribution is -0.127. The second kappa shape index (κ2) is 5.24. The molecule has 1 amide bonds. The molecule has 4 heteroatoms. The summed E-state index contributed by atoms with van der Waals surface area (Å²) in [5, 5.41) is 2.68. The lowest BCUT2D eigenvalue weighted by Gasteiger charge is -2.15. The van der Waals surface area contributed by atoms with Crippen molar-refractivity contribution in [2.75, 3.05) is 12.3 Å². The van der Waals surface area contributed by atoms with Gasteiger partial charge in [-0.1, -0.05) is 12.1 Å². The number of anilines is 1. The predicted molar refractivity (Wildman–Crippen MR) is 59.6 cm³/mol. The number of nitrogens with one attached hydrogen (secondary N) is 1. The van der Waals surface area contributed by atoms with Crippen molar-refractivity contribution in [1.82, 2.24) is 5.32 Å². The zero-order chi connectivity index (χ0) is 11.3. The molecule has 0 heterocycles. The number of ether oxygens (including phenoxy) is 1. The maximum atomic E-state index is 11.4. The number of nitrogen functional groups attached to an aromatic ring is 1. The van der Waals surface area contributed by atoms with Crippen molar-refractivity contribution in [2.24, 2.45) is 0 Å². The number of benzene rings is 1. The molecule has 0 bridgehead atoms. The third-order valence-corrected chi connectivity index (χ3v) is 1.94. The first kappa shape index (κ1) is 11.4. The smallest absolute Gasteiger partial charge is 0.260 e. The highest BCUT2D eigenvalue weighted by Crippen LogP contribution is 2.20. The van der Waals surface area contributed by atoms with E-state index in [2.05, 4.69) is 5.32 Å². The molecule has 1 rings (SSSR count). The average Bonchev–Trinajstić information content (AvgIpc) is 2.21. The Hall–Kier alpha value is -1.71. The maximum absolute atomic E-state index is 11.4. The lowest BCUT2D eigenvalue weighted by Crippen LogP contribution is -2.36. The molecule has 0 radical (unpaired) electrons. The van der Waals surface area contributed by atoms with E-state index in [9.17, 15) is 4.79 Å². The van der Waals surface area contributed by atoms with Gasteiger partial charge in [-0.15, -0.1) is 0 Å². The van der Waals surface area contributed by atoms with E-state index in [0.717, 1.165) is 0 Å². The summed E-state index contributed by atoms with van der Waals surface area (Å²) < 4.78 is 5.42. The first-order valence-corrected chi connectivity index (χ1v) is 4.94. The normalized spacial score (nSPS) is 11.9. The first-order chi connectivity index (χ1) is 7.15. The molecule has 0 aliphatic carbocycles. The second-order valence-electron chi connectivity index (χ2n) is 3.19.